The van der Waals surface area contributed by atoms with E-state index >= 15 is 0 Å². The summed E-state index contributed by atoms with van der Waals surface area (Å²) >= 11 is 0. The first-order valence-electron chi connectivity index (χ1n) is 3.50. The summed E-state index contributed by atoms with van der Waals surface area (Å²) in [5.41, 5.74) is 0. The van der Waals surface area contributed by atoms with Gasteiger partial charge in [0.05, 0.1) is 0 Å². The van der Waals surface area contributed by atoms with Gasteiger partial charge < -0.3 is 10.2 Å². The highest BCUT2D eigenvalue weighted by Gasteiger charge is 2.05. The monoisotopic (exact) mass is 144 g/mol. The van der Waals surface area contributed by atoms with Crippen LogP contribution in [0.1, 0.15) is 13.8 Å². The third-order valence-electron chi connectivity index (χ3n) is 1.20. The molecule has 60 valence electrons. The molecule has 0 saturated heterocycles. The van der Waals surface area contributed by atoms with Gasteiger partial charge in [-0.15, -0.1) is 0 Å². The van der Waals surface area contributed by atoms with Crippen LogP contribution in [-0.4, -0.2) is 31.6 Å². The van der Waals surface area contributed by atoms with Crippen molar-refractivity contribution in [3.05, 3.63) is 0 Å². The first kappa shape index (κ1) is 9.27. The summed E-state index contributed by atoms with van der Waals surface area (Å²) < 4.78 is 0. The van der Waals surface area contributed by atoms with Crippen molar-refractivity contribution in [1.82, 2.24) is 10.2 Å². The third-order valence-corrected chi connectivity index (χ3v) is 1.20. The van der Waals surface area contributed by atoms with Gasteiger partial charge in [0.15, 0.2) is 0 Å². The molecule has 0 rings (SSSR count). The van der Waals surface area contributed by atoms with Crippen LogP contribution >= 0.6 is 0 Å². The Morgan fingerprint density at radius 2 is 2.10 bits per heavy atom. The van der Waals surface area contributed by atoms with Gasteiger partial charge in [0.1, 0.15) is 0 Å². The van der Waals surface area contributed by atoms with Crippen molar-refractivity contribution in [1.29, 1.82) is 0 Å². The molecule has 2 amide bonds. The average molecular weight is 144 g/mol. The topological polar surface area (TPSA) is 32.3 Å². The molecule has 10 heavy (non-hydrogen) atoms. The second-order valence-electron chi connectivity index (χ2n) is 2.83. The Labute approximate surface area is 62.4 Å². The Hall–Kier alpha value is -0.730. The maximum Gasteiger partial charge on any atom is 0.316 e. The Bertz CT molecular complexity index is 112. The zero-order chi connectivity index (χ0) is 8.15. The number of carbonyl (C=O) groups excluding carboxylic acids is 1. The van der Waals surface area contributed by atoms with Crippen molar-refractivity contribution in [3.8, 4) is 0 Å². The normalized spacial score (nSPS) is 9.70. The van der Waals surface area contributed by atoms with E-state index < -0.39 is 0 Å². The standard InChI is InChI=1S/C7H16N2O/c1-6(2)5-9(4)7(10)8-3/h6H,5H2,1-4H3,(H,8,10). The lowest BCUT2D eigenvalue weighted by molar-refractivity contribution is 0.205. The molecule has 0 aromatic heterocycles. The van der Waals surface area contributed by atoms with E-state index in [1.807, 2.05) is 0 Å². The predicted octanol–water partition coefficient (Wildman–Crippen LogP) is 0.914. The number of carbonyl (C=O) groups is 1. The largest absolute Gasteiger partial charge is 0.341 e. The number of amides is 2. The Kier molecular flexibility index (Phi) is 3.84. The molecular formula is C7H16N2O. The number of nitrogens with zero attached hydrogens (tertiary/aromatic N) is 1. The molecule has 3 heteroatoms. The SMILES string of the molecule is CNC(=O)N(C)CC(C)C. The van der Waals surface area contributed by atoms with Crippen LogP contribution < -0.4 is 5.32 Å². The van der Waals surface area contributed by atoms with Crippen LogP contribution in [0.25, 0.3) is 0 Å². The fourth-order valence-corrected chi connectivity index (χ4v) is 0.821. The van der Waals surface area contributed by atoms with E-state index in [2.05, 4.69) is 19.2 Å². The summed E-state index contributed by atoms with van der Waals surface area (Å²) in [5.74, 6) is 0.530. The highest BCUT2D eigenvalue weighted by molar-refractivity contribution is 5.73. The number of urea groups is 1. The van der Waals surface area contributed by atoms with Crippen molar-refractivity contribution in [2.75, 3.05) is 20.6 Å². The van der Waals surface area contributed by atoms with Gasteiger partial charge >= 0.3 is 6.03 Å². The molecule has 1 N–H and O–H groups in total. The highest BCUT2D eigenvalue weighted by Crippen LogP contribution is 1.94. The maximum absolute atomic E-state index is 10.9. The summed E-state index contributed by atoms with van der Waals surface area (Å²) in [6, 6.07) is -0.0197. The molecule has 0 aliphatic rings. The molecule has 0 aliphatic carbocycles. The third kappa shape index (κ3) is 3.33. The van der Waals surface area contributed by atoms with Crippen molar-refractivity contribution < 1.29 is 4.79 Å². The van der Waals surface area contributed by atoms with Gasteiger partial charge in [-0.25, -0.2) is 4.79 Å². The highest BCUT2D eigenvalue weighted by atomic mass is 16.2. The van der Waals surface area contributed by atoms with Gasteiger partial charge in [-0.3, -0.25) is 0 Å². The second-order valence-corrected chi connectivity index (χ2v) is 2.83. The minimum Gasteiger partial charge on any atom is -0.341 e. The minimum atomic E-state index is -0.0197. The fourth-order valence-electron chi connectivity index (χ4n) is 0.821. The quantitative estimate of drug-likeness (QED) is 0.614. The molecule has 0 aromatic carbocycles. The molecule has 0 unspecified atom stereocenters. The number of hydrogen-bond donors (Lipinski definition) is 1. The zero-order valence-electron chi connectivity index (χ0n) is 7.14. The van der Waals surface area contributed by atoms with Crippen LogP contribution in [-0.2, 0) is 0 Å². The first-order valence-corrected chi connectivity index (χ1v) is 3.50. The Morgan fingerprint density at radius 3 is 2.40 bits per heavy atom. The molecule has 0 bridgehead atoms. The van der Waals surface area contributed by atoms with Gasteiger partial charge in [-0.05, 0) is 5.92 Å². The maximum atomic E-state index is 10.9. The first-order chi connectivity index (χ1) is 4.57. The van der Waals surface area contributed by atoms with E-state index in [1.165, 1.54) is 0 Å². The zero-order valence-corrected chi connectivity index (χ0v) is 7.14. The molecular weight excluding hydrogens is 128 g/mol. The van der Waals surface area contributed by atoms with Crippen molar-refractivity contribution in [2.24, 2.45) is 5.92 Å². The lowest BCUT2D eigenvalue weighted by Gasteiger charge is -2.18. The van der Waals surface area contributed by atoms with Crippen LogP contribution in [0.15, 0.2) is 0 Å². The Balaban J connectivity index is 3.61. The van der Waals surface area contributed by atoms with E-state index in [0.717, 1.165) is 6.54 Å². The molecule has 0 atom stereocenters. The lowest BCUT2D eigenvalue weighted by atomic mass is 10.2. The molecule has 0 aliphatic heterocycles. The van der Waals surface area contributed by atoms with Gasteiger partial charge in [0.25, 0.3) is 0 Å². The summed E-state index contributed by atoms with van der Waals surface area (Å²) in [4.78, 5) is 12.5. The summed E-state index contributed by atoms with van der Waals surface area (Å²) in [6.45, 7) is 4.97. The second kappa shape index (κ2) is 4.14. The van der Waals surface area contributed by atoms with Gasteiger partial charge in [0, 0.05) is 20.6 Å². The molecule has 0 radical (unpaired) electrons. The van der Waals surface area contributed by atoms with Crippen LogP contribution in [0.5, 0.6) is 0 Å². The van der Waals surface area contributed by atoms with Gasteiger partial charge in [0.2, 0.25) is 0 Å². The lowest BCUT2D eigenvalue weighted by Crippen LogP contribution is -2.37. The van der Waals surface area contributed by atoms with E-state index in [1.54, 1.807) is 19.0 Å². The van der Waals surface area contributed by atoms with E-state index in [9.17, 15) is 4.79 Å². The molecule has 0 aromatic rings. The molecule has 0 fully saturated rings. The Morgan fingerprint density at radius 1 is 1.60 bits per heavy atom. The van der Waals surface area contributed by atoms with Crippen molar-refractivity contribution in [3.63, 3.8) is 0 Å². The summed E-state index contributed by atoms with van der Waals surface area (Å²) in [7, 11) is 3.43. The number of hydrogen-bond acceptors (Lipinski definition) is 1. The van der Waals surface area contributed by atoms with E-state index in [-0.39, 0.29) is 6.03 Å². The van der Waals surface area contributed by atoms with Crippen LogP contribution in [0.3, 0.4) is 0 Å². The fraction of sp³-hybridized carbons (Fsp3) is 0.857. The smallest absolute Gasteiger partial charge is 0.316 e. The predicted molar refractivity (Wildman–Crippen MR) is 41.9 cm³/mol. The van der Waals surface area contributed by atoms with Crippen LogP contribution in [0, 0.1) is 5.92 Å². The number of nitrogens with one attached hydrogen (secondary N) is 1. The number of rotatable bonds is 2. The average Bonchev–Trinajstić information content (AvgIpc) is 1.85. The van der Waals surface area contributed by atoms with E-state index in [0.29, 0.717) is 5.92 Å². The van der Waals surface area contributed by atoms with Gasteiger partial charge in [-0.2, -0.15) is 0 Å². The summed E-state index contributed by atoms with van der Waals surface area (Å²) in [5, 5.41) is 2.56. The van der Waals surface area contributed by atoms with Crippen LogP contribution in [0.4, 0.5) is 4.79 Å². The van der Waals surface area contributed by atoms with Crippen molar-refractivity contribution >= 4 is 6.03 Å². The van der Waals surface area contributed by atoms with Gasteiger partial charge in [-0.1, -0.05) is 13.8 Å². The molecule has 0 spiro atoms. The minimum absolute atomic E-state index is 0.0197. The van der Waals surface area contributed by atoms with E-state index in [4.69, 9.17) is 0 Å². The summed E-state index contributed by atoms with van der Waals surface area (Å²) in [6.07, 6.45) is 0. The molecule has 0 saturated carbocycles. The van der Waals surface area contributed by atoms with Crippen LogP contribution in [0.2, 0.25) is 0 Å². The molecule has 3 nitrogen and oxygen atoms in total. The molecule has 0 heterocycles. The van der Waals surface area contributed by atoms with Crippen molar-refractivity contribution in [2.45, 2.75) is 13.8 Å².